The molecule has 0 saturated carbocycles. The Morgan fingerprint density at radius 1 is 1.00 bits per heavy atom. The molecule has 0 radical (unpaired) electrons. The van der Waals surface area contributed by atoms with Crippen LogP contribution in [0.1, 0.15) is 0 Å². The lowest BCUT2D eigenvalue weighted by Gasteiger charge is -2.16. The fourth-order valence-electron chi connectivity index (χ4n) is 4.04. The van der Waals surface area contributed by atoms with Gasteiger partial charge in [-0.05, 0) is 35.9 Å². The van der Waals surface area contributed by atoms with Gasteiger partial charge < -0.3 is 0 Å². The Morgan fingerprint density at radius 3 is 2.53 bits per heavy atom. The van der Waals surface area contributed by atoms with Gasteiger partial charge in [0.15, 0.2) is 0 Å². The van der Waals surface area contributed by atoms with E-state index in [0.29, 0.717) is 26.6 Å². The minimum absolute atomic E-state index is 0.0269. The van der Waals surface area contributed by atoms with Gasteiger partial charge in [-0.3, -0.25) is 19.2 Å². The van der Waals surface area contributed by atoms with Crippen molar-refractivity contribution in [2.45, 2.75) is 17.6 Å². The SMILES string of the molecule is O=c1c2cn[nH]c2c2ccc(-c3ccccc3NS(=O)(=O)c3cccc(Cl)c3)cc2n1CC(F)(F)F. The number of halogens is 4. The first-order chi connectivity index (χ1) is 17.0. The Morgan fingerprint density at radius 2 is 1.78 bits per heavy atom. The van der Waals surface area contributed by atoms with Gasteiger partial charge in [0.1, 0.15) is 6.54 Å². The van der Waals surface area contributed by atoms with Crippen molar-refractivity contribution in [3.63, 3.8) is 0 Å². The third-order valence-electron chi connectivity index (χ3n) is 5.60. The van der Waals surface area contributed by atoms with Crippen LogP contribution in [0.2, 0.25) is 5.02 Å². The van der Waals surface area contributed by atoms with Crippen molar-refractivity contribution in [3.05, 3.63) is 88.3 Å². The summed E-state index contributed by atoms with van der Waals surface area (Å²) in [7, 11) is -4.02. The van der Waals surface area contributed by atoms with Gasteiger partial charge in [0, 0.05) is 16.0 Å². The number of nitrogens with one attached hydrogen (secondary N) is 2. The number of alkyl halides is 3. The maximum Gasteiger partial charge on any atom is 0.406 e. The van der Waals surface area contributed by atoms with E-state index in [2.05, 4.69) is 14.9 Å². The fraction of sp³-hybridized carbons (Fsp3) is 0.0833. The Kier molecular flexibility index (Phi) is 5.76. The summed E-state index contributed by atoms with van der Waals surface area (Å²) in [4.78, 5) is 12.8. The van der Waals surface area contributed by atoms with Gasteiger partial charge in [-0.1, -0.05) is 48.0 Å². The molecule has 0 aliphatic rings. The minimum Gasteiger partial charge on any atom is -0.298 e. The van der Waals surface area contributed by atoms with E-state index in [1.807, 2.05) is 0 Å². The first kappa shape index (κ1) is 23.9. The van der Waals surface area contributed by atoms with Crippen LogP contribution in [0, 0.1) is 0 Å². The number of sulfonamides is 1. The van der Waals surface area contributed by atoms with E-state index in [0.717, 1.165) is 0 Å². The highest BCUT2D eigenvalue weighted by atomic mass is 35.5. The second-order valence-corrected chi connectivity index (χ2v) is 10.1. The molecular formula is C24H16ClF3N4O3S. The van der Waals surface area contributed by atoms with Gasteiger partial charge >= 0.3 is 6.18 Å². The van der Waals surface area contributed by atoms with Gasteiger partial charge in [-0.25, -0.2) is 8.42 Å². The molecule has 0 unspecified atom stereocenters. The smallest absolute Gasteiger partial charge is 0.298 e. The van der Waals surface area contributed by atoms with E-state index >= 15 is 0 Å². The number of nitrogens with zero attached hydrogens (tertiary/aromatic N) is 2. The average molecular weight is 533 g/mol. The van der Waals surface area contributed by atoms with Crippen LogP contribution >= 0.6 is 11.6 Å². The first-order valence-electron chi connectivity index (χ1n) is 10.5. The topological polar surface area (TPSA) is 96.8 Å². The van der Waals surface area contributed by atoms with Crippen molar-refractivity contribution in [1.82, 2.24) is 14.8 Å². The lowest BCUT2D eigenvalue weighted by molar-refractivity contribution is -0.140. The molecule has 0 aliphatic heterocycles. The summed E-state index contributed by atoms with van der Waals surface area (Å²) >= 11 is 5.94. The quantitative estimate of drug-likeness (QED) is 0.310. The maximum absolute atomic E-state index is 13.4. The van der Waals surface area contributed by atoms with Gasteiger partial charge in [-0.2, -0.15) is 18.3 Å². The Labute approximate surface area is 207 Å². The Hall–Kier alpha value is -3.83. The summed E-state index contributed by atoms with van der Waals surface area (Å²) in [6.07, 6.45) is -3.45. The van der Waals surface area contributed by atoms with Crippen LogP contribution in [-0.4, -0.2) is 29.4 Å². The molecular weight excluding hydrogens is 517 g/mol. The zero-order chi connectivity index (χ0) is 25.7. The summed E-state index contributed by atoms with van der Waals surface area (Å²) < 4.78 is 69.2. The van der Waals surface area contributed by atoms with Crippen LogP contribution in [0.4, 0.5) is 18.9 Å². The van der Waals surface area contributed by atoms with E-state index < -0.39 is 28.3 Å². The number of pyridine rings is 1. The van der Waals surface area contributed by atoms with Crippen molar-refractivity contribution >= 4 is 49.1 Å². The van der Waals surface area contributed by atoms with E-state index in [9.17, 15) is 26.4 Å². The summed E-state index contributed by atoms with van der Waals surface area (Å²) in [5.41, 5.74) is 0.510. The number of hydrogen-bond acceptors (Lipinski definition) is 4. The molecule has 0 spiro atoms. The number of aromatic amines is 1. The molecule has 2 aromatic heterocycles. The lowest BCUT2D eigenvalue weighted by Crippen LogP contribution is -2.28. The molecule has 3 aromatic carbocycles. The number of rotatable bonds is 5. The normalized spacial score (nSPS) is 12.3. The standard InChI is InChI=1S/C24H16ClF3N4O3S/c25-15-4-3-5-16(11-15)36(34,35)31-20-7-2-1-6-17(20)14-8-9-18-21(10-14)32(13-24(26,27)28)23(33)19-12-29-30-22(18)19/h1-12,31H,13H2,(H,29,30). The monoisotopic (exact) mass is 532 g/mol. The molecule has 0 aliphatic carbocycles. The molecule has 36 heavy (non-hydrogen) atoms. The predicted octanol–water partition coefficient (Wildman–Crippen LogP) is 5.56. The van der Waals surface area contributed by atoms with Crippen molar-refractivity contribution in [2.75, 3.05) is 4.72 Å². The van der Waals surface area contributed by atoms with Gasteiger partial charge in [-0.15, -0.1) is 0 Å². The molecule has 12 heteroatoms. The number of benzene rings is 3. The average Bonchev–Trinajstić information content (AvgIpc) is 3.31. The van der Waals surface area contributed by atoms with Crippen LogP contribution in [-0.2, 0) is 16.6 Å². The van der Waals surface area contributed by atoms with Gasteiger partial charge in [0.2, 0.25) is 0 Å². The predicted molar refractivity (Wildman–Crippen MR) is 132 cm³/mol. The Balaban J connectivity index is 1.68. The van der Waals surface area contributed by atoms with Crippen LogP contribution < -0.4 is 10.3 Å². The highest BCUT2D eigenvalue weighted by molar-refractivity contribution is 7.92. The van der Waals surface area contributed by atoms with Crippen molar-refractivity contribution < 1.29 is 21.6 Å². The number of hydrogen-bond donors (Lipinski definition) is 2. The van der Waals surface area contributed by atoms with Crippen LogP contribution in [0.3, 0.4) is 0 Å². The van der Waals surface area contributed by atoms with Gasteiger partial charge in [0.25, 0.3) is 15.6 Å². The largest absolute Gasteiger partial charge is 0.406 e. The highest BCUT2D eigenvalue weighted by Gasteiger charge is 2.30. The molecule has 0 fully saturated rings. The number of fused-ring (bicyclic) bond motifs is 3. The molecule has 0 amide bonds. The van der Waals surface area contributed by atoms with Crippen LogP contribution in [0.5, 0.6) is 0 Å². The van der Waals surface area contributed by atoms with E-state index in [1.165, 1.54) is 36.5 Å². The molecule has 2 N–H and O–H groups in total. The molecule has 0 bridgehead atoms. The zero-order valence-electron chi connectivity index (χ0n) is 18.2. The summed E-state index contributed by atoms with van der Waals surface area (Å²) in [5, 5.41) is 7.13. The van der Waals surface area contributed by atoms with Gasteiger partial charge in [0.05, 0.1) is 33.2 Å². The third kappa shape index (κ3) is 4.42. The molecule has 5 rings (SSSR count). The van der Waals surface area contributed by atoms with E-state index in [-0.39, 0.29) is 26.5 Å². The Bertz CT molecular complexity index is 1800. The van der Waals surface area contributed by atoms with Crippen LogP contribution in [0.25, 0.3) is 32.9 Å². The highest BCUT2D eigenvalue weighted by Crippen LogP contribution is 2.33. The molecule has 2 heterocycles. The second kappa shape index (κ2) is 8.68. The lowest BCUT2D eigenvalue weighted by atomic mass is 10.0. The number of para-hydroxylation sites is 1. The summed E-state index contributed by atoms with van der Waals surface area (Å²) in [6, 6.07) is 16.8. The molecule has 184 valence electrons. The summed E-state index contributed by atoms with van der Waals surface area (Å²) in [5.74, 6) is 0. The van der Waals surface area contributed by atoms with Crippen molar-refractivity contribution in [3.8, 4) is 11.1 Å². The first-order valence-corrected chi connectivity index (χ1v) is 12.3. The zero-order valence-corrected chi connectivity index (χ0v) is 19.7. The fourth-order valence-corrected chi connectivity index (χ4v) is 5.42. The number of anilines is 1. The van der Waals surface area contributed by atoms with E-state index in [4.69, 9.17) is 11.6 Å². The second-order valence-electron chi connectivity index (χ2n) is 8.01. The van der Waals surface area contributed by atoms with Crippen molar-refractivity contribution in [2.24, 2.45) is 0 Å². The molecule has 5 aromatic rings. The number of aromatic nitrogens is 3. The summed E-state index contributed by atoms with van der Waals surface area (Å²) in [6.45, 7) is -1.49. The molecule has 0 atom stereocenters. The minimum atomic E-state index is -4.64. The third-order valence-corrected chi connectivity index (χ3v) is 7.20. The van der Waals surface area contributed by atoms with E-state index in [1.54, 1.807) is 36.4 Å². The van der Waals surface area contributed by atoms with Crippen LogP contribution in [0.15, 0.2) is 82.6 Å². The van der Waals surface area contributed by atoms with Crippen molar-refractivity contribution in [1.29, 1.82) is 0 Å². The molecule has 7 nitrogen and oxygen atoms in total. The molecule has 0 saturated heterocycles. The maximum atomic E-state index is 13.4. The number of H-pyrrole nitrogens is 1.